The summed E-state index contributed by atoms with van der Waals surface area (Å²) < 4.78 is 19.6. The maximum Gasteiger partial charge on any atom is 0.137 e. The van der Waals surface area contributed by atoms with Crippen LogP contribution >= 0.6 is 15.9 Å². The molecule has 0 aromatic heterocycles. The number of ether oxygens (including phenoxy) is 1. The van der Waals surface area contributed by atoms with Gasteiger partial charge in [-0.3, -0.25) is 0 Å². The minimum absolute atomic E-state index is 0.227. The van der Waals surface area contributed by atoms with E-state index in [1.54, 1.807) is 12.1 Å². The molecule has 0 spiro atoms. The molecule has 0 aliphatic carbocycles. The number of benzene rings is 2. The fraction of sp³-hybridized carbons (Fsp3) is 0.294. The van der Waals surface area contributed by atoms with Gasteiger partial charge in [0.25, 0.3) is 0 Å². The van der Waals surface area contributed by atoms with E-state index in [2.05, 4.69) is 27.3 Å². The Labute approximate surface area is 132 Å². The van der Waals surface area contributed by atoms with Crippen LogP contribution in [0.15, 0.2) is 40.9 Å². The van der Waals surface area contributed by atoms with E-state index in [9.17, 15) is 4.39 Å². The standard InChI is InChI=1S/C17H17BrFNO/c1-11-8-15(19)14(18)9-16(11)20-10-12-6-7-21-17-5-3-2-4-13(12)17/h2-5,8-9,12,20H,6-7,10H2,1H3. The second kappa shape index (κ2) is 6.06. The van der Waals surface area contributed by atoms with Gasteiger partial charge < -0.3 is 10.1 Å². The molecule has 110 valence electrons. The van der Waals surface area contributed by atoms with E-state index in [1.165, 1.54) is 5.56 Å². The highest BCUT2D eigenvalue weighted by molar-refractivity contribution is 9.10. The first-order chi connectivity index (χ1) is 10.1. The monoisotopic (exact) mass is 349 g/mol. The summed E-state index contributed by atoms with van der Waals surface area (Å²) >= 11 is 3.24. The average molecular weight is 350 g/mol. The fourth-order valence-corrected chi connectivity index (χ4v) is 3.04. The summed E-state index contributed by atoms with van der Waals surface area (Å²) in [5.41, 5.74) is 3.12. The van der Waals surface area contributed by atoms with E-state index in [-0.39, 0.29) is 5.82 Å². The van der Waals surface area contributed by atoms with Crippen LogP contribution in [0.1, 0.15) is 23.5 Å². The van der Waals surface area contributed by atoms with Gasteiger partial charge >= 0.3 is 0 Å². The zero-order chi connectivity index (χ0) is 14.8. The number of aryl methyl sites for hydroxylation is 1. The zero-order valence-electron chi connectivity index (χ0n) is 11.8. The molecule has 1 aliphatic heterocycles. The van der Waals surface area contributed by atoms with Crippen LogP contribution in [0, 0.1) is 12.7 Å². The van der Waals surface area contributed by atoms with Gasteiger partial charge in [0.05, 0.1) is 11.1 Å². The molecule has 1 heterocycles. The number of hydrogen-bond acceptors (Lipinski definition) is 2. The van der Waals surface area contributed by atoms with Crippen molar-refractivity contribution in [3.05, 3.63) is 57.8 Å². The van der Waals surface area contributed by atoms with Crippen molar-refractivity contribution >= 4 is 21.6 Å². The highest BCUT2D eigenvalue weighted by Gasteiger charge is 2.21. The number of anilines is 1. The minimum atomic E-state index is -0.227. The van der Waals surface area contributed by atoms with Crippen molar-refractivity contribution in [1.82, 2.24) is 0 Å². The third-order valence-corrected chi connectivity index (χ3v) is 4.50. The zero-order valence-corrected chi connectivity index (χ0v) is 13.4. The van der Waals surface area contributed by atoms with Crippen molar-refractivity contribution in [1.29, 1.82) is 0 Å². The molecular weight excluding hydrogens is 333 g/mol. The van der Waals surface area contributed by atoms with Gasteiger partial charge in [-0.1, -0.05) is 18.2 Å². The maximum absolute atomic E-state index is 13.5. The Hall–Kier alpha value is -1.55. The predicted molar refractivity (Wildman–Crippen MR) is 86.6 cm³/mol. The predicted octanol–water partition coefficient (Wildman–Crippen LogP) is 4.87. The lowest BCUT2D eigenvalue weighted by Gasteiger charge is -2.26. The van der Waals surface area contributed by atoms with Gasteiger partial charge in [0, 0.05) is 18.2 Å². The Balaban J connectivity index is 1.76. The third kappa shape index (κ3) is 3.05. The third-order valence-electron chi connectivity index (χ3n) is 3.89. The number of halogens is 2. The molecule has 1 atom stereocenters. The van der Waals surface area contributed by atoms with Crippen molar-refractivity contribution < 1.29 is 9.13 Å². The Bertz CT molecular complexity index is 659. The first-order valence-corrected chi connectivity index (χ1v) is 7.85. The molecule has 0 amide bonds. The molecule has 0 radical (unpaired) electrons. The largest absolute Gasteiger partial charge is 0.493 e. The molecule has 2 nitrogen and oxygen atoms in total. The molecule has 3 rings (SSSR count). The molecule has 1 unspecified atom stereocenters. The van der Waals surface area contributed by atoms with Crippen LogP contribution in [0.3, 0.4) is 0 Å². The van der Waals surface area contributed by atoms with Gasteiger partial charge in [0.1, 0.15) is 11.6 Å². The number of para-hydroxylation sites is 1. The highest BCUT2D eigenvalue weighted by atomic mass is 79.9. The van der Waals surface area contributed by atoms with Gasteiger partial charge in [0.2, 0.25) is 0 Å². The van der Waals surface area contributed by atoms with Gasteiger partial charge in [0.15, 0.2) is 0 Å². The molecule has 1 N–H and O–H groups in total. The summed E-state index contributed by atoms with van der Waals surface area (Å²) in [6.07, 6.45) is 0.991. The minimum Gasteiger partial charge on any atom is -0.493 e. The Kier molecular flexibility index (Phi) is 4.15. The number of rotatable bonds is 3. The smallest absolute Gasteiger partial charge is 0.137 e. The number of hydrogen-bond donors (Lipinski definition) is 1. The fourth-order valence-electron chi connectivity index (χ4n) is 2.70. The first kappa shape index (κ1) is 14.4. The van der Waals surface area contributed by atoms with E-state index in [0.29, 0.717) is 10.4 Å². The van der Waals surface area contributed by atoms with E-state index in [0.717, 1.165) is 36.6 Å². The molecule has 2 aromatic carbocycles. The summed E-state index contributed by atoms with van der Waals surface area (Å²) in [5, 5.41) is 3.44. The summed E-state index contributed by atoms with van der Waals surface area (Å²) in [7, 11) is 0. The van der Waals surface area contributed by atoms with E-state index < -0.39 is 0 Å². The van der Waals surface area contributed by atoms with Crippen molar-refractivity contribution in [2.45, 2.75) is 19.3 Å². The summed E-state index contributed by atoms with van der Waals surface area (Å²) in [4.78, 5) is 0. The molecule has 0 saturated heterocycles. The Morgan fingerprint density at radius 3 is 3.00 bits per heavy atom. The van der Waals surface area contributed by atoms with Crippen LogP contribution in [-0.2, 0) is 0 Å². The Morgan fingerprint density at radius 1 is 1.33 bits per heavy atom. The lowest BCUT2D eigenvalue weighted by atomic mass is 9.93. The first-order valence-electron chi connectivity index (χ1n) is 7.06. The SMILES string of the molecule is Cc1cc(F)c(Br)cc1NCC1CCOc2ccccc21. The summed E-state index contributed by atoms with van der Waals surface area (Å²) in [5.74, 6) is 1.17. The van der Waals surface area contributed by atoms with Gasteiger partial charge in [-0.2, -0.15) is 0 Å². The maximum atomic E-state index is 13.5. The van der Waals surface area contributed by atoms with E-state index in [4.69, 9.17) is 4.74 Å². The van der Waals surface area contributed by atoms with Gasteiger partial charge in [-0.05, 0) is 58.6 Å². The molecule has 4 heteroatoms. The van der Waals surface area contributed by atoms with Crippen molar-refractivity contribution in [3.63, 3.8) is 0 Å². The lowest BCUT2D eigenvalue weighted by molar-refractivity contribution is 0.270. The molecule has 2 aromatic rings. The quantitative estimate of drug-likeness (QED) is 0.852. The lowest BCUT2D eigenvalue weighted by Crippen LogP contribution is -2.21. The van der Waals surface area contributed by atoms with E-state index in [1.807, 2.05) is 25.1 Å². The Morgan fingerprint density at radius 2 is 2.14 bits per heavy atom. The molecule has 0 fully saturated rings. The van der Waals surface area contributed by atoms with Crippen molar-refractivity contribution in [2.24, 2.45) is 0 Å². The van der Waals surface area contributed by atoms with Crippen LogP contribution in [0.25, 0.3) is 0 Å². The number of nitrogens with one attached hydrogen (secondary N) is 1. The van der Waals surface area contributed by atoms with Crippen molar-refractivity contribution in [2.75, 3.05) is 18.5 Å². The highest BCUT2D eigenvalue weighted by Crippen LogP contribution is 2.34. The van der Waals surface area contributed by atoms with Crippen LogP contribution in [-0.4, -0.2) is 13.2 Å². The van der Waals surface area contributed by atoms with Crippen LogP contribution in [0.2, 0.25) is 0 Å². The topological polar surface area (TPSA) is 21.3 Å². The van der Waals surface area contributed by atoms with Gasteiger partial charge in [-0.25, -0.2) is 4.39 Å². The normalized spacial score (nSPS) is 17.0. The molecular formula is C17H17BrFNO. The summed E-state index contributed by atoms with van der Waals surface area (Å²) in [6, 6.07) is 11.5. The molecule has 0 saturated carbocycles. The average Bonchev–Trinajstić information content (AvgIpc) is 2.49. The summed E-state index contributed by atoms with van der Waals surface area (Å²) in [6.45, 7) is 3.48. The number of fused-ring (bicyclic) bond motifs is 1. The van der Waals surface area contributed by atoms with Gasteiger partial charge in [-0.15, -0.1) is 0 Å². The second-order valence-electron chi connectivity index (χ2n) is 5.33. The molecule has 1 aliphatic rings. The van der Waals surface area contributed by atoms with Crippen LogP contribution < -0.4 is 10.1 Å². The second-order valence-corrected chi connectivity index (χ2v) is 6.19. The molecule has 21 heavy (non-hydrogen) atoms. The van der Waals surface area contributed by atoms with E-state index >= 15 is 0 Å². The van der Waals surface area contributed by atoms with Crippen molar-refractivity contribution in [3.8, 4) is 5.75 Å². The van der Waals surface area contributed by atoms with Crippen LogP contribution in [0.5, 0.6) is 5.75 Å². The molecule has 0 bridgehead atoms. The van der Waals surface area contributed by atoms with Crippen LogP contribution in [0.4, 0.5) is 10.1 Å².